The number of benzene rings is 1. The Morgan fingerprint density at radius 1 is 1.12 bits per heavy atom. The summed E-state index contributed by atoms with van der Waals surface area (Å²) in [5.41, 5.74) is -0.455. The number of ether oxygens (including phenoxy) is 4. The number of hydrogen-bond donors (Lipinski definition) is 0. The van der Waals surface area contributed by atoms with E-state index in [2.05, 4.69) is 0 Å². The van der Waals surface area contributed by atoms with Crippen LogP contribution in [-0.2, 0) is 20.7 Å². The third-order valence-electron chi connectivity index (χ3n) is 4.33. The molecule has 7 heteroatoms. The minimum absolute atomic E-state index is 0.174. The molecule has 0 heterocycles. The number of alkyl halides is 2. The Bertz CT molecular complexity index is 595. The van der Waals surface area contributed by atoms with Crippen LogP contribution < -0.4 is 9.47 Å². The van der Waals surface area contributed by atoms with Crippen molar-refractivity contribution in [3.63, 3.8) is 0 Å². The quantitative estimate of drug-likeness (QED) is 0.501. The molecule has 1 fully saturated rings. The van der Waals surface area contributed by atoms with E-state index in [9.17, 15) is 13.6 Å². The van der Waals surface area contributed by atoms with Crippen molar-refractivity contribution in [2.24, 2.45) is 5.41 Å². The first-order valence-electron chi connectivity index (χ1n) is 8.11. The van der Waals surface area contributed by atoms with Gasteiger partial charge in [-0.2, -0.15) is 0 Å². The highest BCUT2D eigenvalue weighted by atomic mass is 19.3. The van der Waals surface area contributed by atoms with Crippen LogP contribution in [0.5, 0.6) is 11.5 Å². The molecule has 1 aromatic carbocycles. The first-order chi connectivity index (χ1) is 11.9. The van der Waals surface area contributed by atoms with Gasteiger partial charge in [0.15, 0.2) is 11.5 Å². The largest absolute Gasteiger partial charge is 0.493 e. The second-order valence-corrected chi connectivity index (χ2v) is 6.34. The van der Waals surface area contributed by atoms with Crippen molar-refractivity contribution in [2.75, 3.05) is 34.5 Å². The van der Waals surface area contributed by atoms with Gasteiger partial charge in [0.1, 0.15) is 0 Å². The highest BCUT2D eigenvalue weighted by molar-refractivity contribution is 5.79. The van der Waals surface area contributed by atoms with Gasteiger partial charge < -0.3 is 18.9 Å². The predicted molar refractivity (Wildman–Crippen MR) is 87.3 cm³/mol. The van der Waals surface area contributed by atoms with Gasteiger partial charge >= 0.3 is 5.97 Å². The van der Waals surface area contributed by atoms with Crippen molar-refractivity contribution in [2.45, 2.75) is 31.6 Å². The smallest absolute Gasteiger partial charge is 0.312 e. The van der Waals surface area contributed by atoms with Crippen molar-refractivity contribution in [3.8, 4) is 11.5 Å². The highest BCUT2D eigenvalue weighted by Gasteiger charge is 2.61. The van der Waals surface area contributed by atoms with Gasteiger partial charge in [0, 0.05) is 33.0 Å². The summed E-state index contributed by atoms with van der Waals surface area (Å²) in [5, 5.41) is 0. The summed E-state index contributed by atoms with van der Waals surface area (Å²) in [6.45, 7) is 1.01. The normalized spacial score (nSPS) is 17.5. The summed E-state index contributed by atoms with van der Waals surface area (Å²) < 4.78 is 47.5. The van der Waals surface area contributed by atoms with E-state index < -0.39 is 30.1 Å². The summed E-state index contributed by atoms with van der Waals surface area (Å²) in [7, 11) is 4.36. The van der Waals surface area contributed by atoms with Crippen LogP contribution in [0.25, 0.3) is 0 Å². The lowest BCUT2D eigenvalue weighted by atomic mass is 9.63. The van der Waals surface area contributed by atoms with Crippen molar-refractivity contribution in [1.29, 1.82) is 0 Å². The van der Waals surface area contributed by atoms with Crippen LogP contribution in [0, 0.1) is 5.41 Å². The maximum absolute atomic E-state index is 13.4. The van der Waals surface area contributed by atoms with Crippen LogP contribution in [0.15, 0.2) is 18.2 Å². The SMILES string of the molecule is COCCCOc1cc(CC2(C(=O)OC)CC(F)(F)C2)ccc1OC. The van der Waals surface area contributed by atoms with Crippen molar-refractivity contribution >= 4 is 5.97 Å². The highest BCUT2D eigenvalue weighted by Crippen LogP contribution is 2.54. The minimum Gasteiger partial charge on any atom is -0.493 e. The Morgan fingerprint density at radius 2 is 1.84 bits per heavy atom. The Hall–Kier alpha value is -1.89. The van der Waals surface area contributed by atoms with E-state index in [1.54, 1.807) is 25.3 Å². The van der Waals surface area contributed by atoms with Crippen molar-refractivity contribution < 1.29 is 32.5 Å². The maximum Gasteiger partial charge on any atom is 0.312 e. The van der Waals surface area contributed by atoms with Crippen LogP contribution in [0.4, 0.5) is 8.78 Å². The van der Waals surface area contributed by atoms with E-state index >= 15 is 0 Å². The Balaban J connectivity index is 2.14. The summed E-state index contributed by atoms with van der Waals surface area (Å²) in [6, 6.07) is 5.19. The first kappa shape index (κ1) is 19.4. The maximum atomic E-state index is 13.4. The molecule has 25 heavy (non-hydrogen) atoms. The number of carbonyl (C=O) groups is 1. The molecule has 0 unspecified atom stereocenters. The fourth-order valence-corrected chi connectivity index (χ4v) is 3.22. The average molecular weight is 358 g/mol. The summed E-state index contributed by atoms with van der Waals surface area (Å²) in [6.07, 6.45) is -0.110. The molecule has 0 amide bonds. The average Bonchev–Trinajstić information content (AvgIpc) is 2.56. The molecule has 1 saturated carbocycles. The lowest BCUT2D eigenvalue weighted by Gasteiger charge is -2.44. The van der Waals surface area contributed by atoms with Crippen LogP contribution in [0.2, 0.25) is 0 Å². The van der Waals surface area contributed by atoms with Crippen LogP contribution in [0.1, 0.15) is 24.8 Å². The number of carbonyl (C=O) groups excluding carboxylic acids is 1. The van der Waals surface area contributed by atoms with E-state index in [4.69, 9.17) is 18.9 Å². The Labute approximate surface area is 146 Å². The molecule has 5 nitrogen and oxygen atoms in total. The second-order valence-electron chi connectivity index (χ2n) is 6.34. The third kappa shape index (κ3) is 4.60. The standard InChI is InChI=1S/C18H24F2O5/c1-22-7-4-8-25-15-9-13(5-6-14(15)23-2)10-17(16(21)24-3)11-18(19,20)12-17/h5-6,9H,4,7-8,10-12H2,1-3H3. The Morgan fingerprint density at radius 3 is 2.40 bits per heavy atom. The third-order valence-corrected chi connectivity index (χ3v) is 4.33. The zero-order valence-electron chi connectivity index (χ0n) is 14.8. The van der Waals surface area contributed by atoms with Crippen LogP contribution in [0.3, 0.4) is 0 Å². The molecule has 1 aromatic rings. The van der Waals surface area contributed by atoms with Gasteiger partial charge in [0.2, 0.25) is 5.92 Å². The monoisotopic (exact) mass is 358 g/mol. The van der Waals surface area contributed by atoms with Gasteiger partial charge in [-0.25, -0.2) is 8.78 Å². The van der Waals surface area contributed by atoms with E-state index in [1.165, 1.54) is 14.2 Å². The topological polar surface area (TPSA) is 54.0 Å². The lowest BCUT2D eigenvalue weighted by molar-refractivity contribution is -0.196. The summed E-state index contributed by atoms with van der Waals surface area (Å²) in [4.78, 5) is 12.0. The number of methoxy groups -OCH3 is 3. The molecule has 140 valence electrons. The van der Waals surface area contributed by atoms with Crippen LogP contribution in [-0.4, -0.2) is 46.4 Å². The van der Waals surface area contributed by atoms with Crippen molar-refractivity contribution in [3.05, 3.63) is 23.8 Å². The molecule has 0 spiro atoms. The molecule has 0 aromatic heterocycles. The summed E-state index contributed by atoms with van der Waals surface area (Å²) in [5.74, 6) is -2.36. The van der Waals surface area contributed by atoms with Crippen molar-refractivity contribution in [1.82, 2.24) is 0 Å². The van der Waals surface area contributed by atoms with Gasteiger partial charge in [-0.05, 0) is 24.1 Å². The van der Waals surface area contributed by atoms with E-state index in [0.29, 0.717) is 31.1 Å². The molecule has 1 aliphatic carbocycles. The zero-order valence-corrected chi connectivity index (χ0v) is 14.8. The number of esters is 1. The molecule has 0 saturated heterocycles. The fourth-order valence-electron chi connectivity index (χ4n) is 3.22. The molecule has 2 rings (SSSR count). The molecular formula is C18H24F2O5. The summed E-state index contributed by atoms with van der Waals surface area (Å²) >= 11 is 0. The molecule has 0 radical (unpaired) electrons. The molecule has 0 atom stereocenters. The number of hydrogen-bond acceptors (Lipinski definition) is 5. The Kier molecular flexibility index (Phi) is 6.21. The molecule has 1 aliphatic rings. The van der Waals surface area contributed by atoms with E-state index in [-0.39, 0.29) is 6.42 Å². The molecule has 0 N–H and O–H groups in total. The lowest BCUT2D eigenvalue weighted by Crippen LogP contribution is -2.52. The molecular weight excluding hydrogens is 334 g/mol. The fraction of sp³-hybridized carbons (Fsp3) is 0.611. The molecule has 0 bridgehead atoms. The minimum atomic E-state index is -2.82. The number of halogens is 2. The first-order valence-corrected chi connectivity index (χ1v) is 8.11. The van der Waals surface area contributed by atoms with Gasteiger partial charge in [0.05, 0.1) is 26.2 Å². The van der Waals surface area contributed by atoms with Gasteiger partial charge in [-0.3, -0.25) is 4.79 Å². The van der Waals surface area contributed by atoms with Gasteiger partial charge in [0.25, 0.3) is 0 Å². The zero-order chi connectivity index (χ0) is 18.5. The molecule has 0 aliphatic heterocycles. The van der Waals surface area contributed by atoms with E-state index in [0.717, 1.165) is 5.56 Å². The van der Waals surface area contributed by atoms with Gasteiger partial charge in [-0.15, -0.1) is 0 Å². The predicted octanol–water partition coefficient (Wildman–Crippen LogP) is 3.24. The van der Waals surface area contributed by atoms with Crippen LogP contribution >= 0.6 is 0 Å². The van der Waals surface area contributed by atoms with E-state index in [1.807, 2.05) is 0 Å². The van der Waals surface area contributed by atoms with Gasteiger partial charge in [-0.1, -0.05) is 6.07 Å². The number of rotatable bonds is 9. The second kappa shape index (κ2) is 7.99.